The first-order valence-electron chi connectivity index (χ1n) is 10.7. The van der Waals surface area contributed by atoms with Crippen molar-refractivity contribution in [3.05, 3.63) is 41.2 Å². The van der Waals surface area contributed by atoms with E-state index in [1.54, 1.807) is 0 Å². The smallest absolute Gasteiger partial charge is 0.145 e. The lowest BCUT2D eigenvalue weighted by Crippen LogP contribution is -2.50. The van der Waals surface area contributed by atoms with Gasteiger partial charge in [0, 0.05) is 11.5 Å². The monoisotopic (exact) mass is 385 g/mol. The van der Waals surface area contributed by atoms with E-state index in [-0.39, 0.29) is 17.4 Å². The molecule has 2 aromatic rings. The van der Waals surface area contributed by atoms with Crippen LogP contribution in [0.2, 0.25) is 0 Å². The molecule has 0 aliphatic heterocycles. The van der Waals surface area contributed by atoms with Crippen molar-refractivity contribution in [1.29, 1.82) is 0 Å². The standard InChI is InChI=1S/C23H25F2NO2/c24-18-2-1-3-19(25)21(18)22-17(23(28-26-22)12-4-5-12)11-27-16-7-6-13-8-14-9-15(10-16)20(13)14/h1-3,12-16,20H,4-11H2/t13-,14?,15+,16+,20?/m1/s1. The van der Waals surface area contributed by atoms with Gasteiger partial charge in [-0.3, -0.25) is 0 Å². The molecule has 3 nitrogen and oxygen atoms in total. The summed E-state index contributed by atoms with van der Waals surface area (Å²) in [5, 5.41) is 4.07. The van der Waals surface area contributed by atoms with E-state index in [1.165, 1.54) is 37.5 Å². The summed E-state index contributed by atoms with van der Waals surface area (Å²) < 4.78 is 40.7. The van der Waals surface area contributed by atoms with Gasteiger partial charge in [-0.15, -0.1) is 0 Å². The van der Waals surface area contributed by atoms with Crippen molar-refractivity contribution >= 4 is 0 Å². The fourth-order valence-electron chi connectivity index (χ4n) is 6.09. The summed E-state index contributed by atoms with van der Waals surface area (Å²) in [5.41, 5.74) is 0.914. The van der Waals surface area contributed by atoms with Crippen LogP contribution in [0.15, 0.2) is 22.7 Å². The van der Waals surface area contributed by atoms with E-state index in [1.807, 2.05) is 0 Å². The average molecular weight is 385 g/mol. The summed E-state index contributed by atoms with van der Waals surface area (Å²) in [7, 11) is 0. The number of aromatic nitrogens is 1. The molecule has 5 heteroatoms. The van der Waals surface area contributed by atoms with Crippen LogP contribution in [0.1, 0.15) is 62.2 Å². The van der Waals surface area contributed by atoms with Crippen LogP contribution in [0.3, 0.4) is 0 Å². The molecule has 0 amide bonds. The maximum atomic E-state index is 14.4. The van der Waals surface area contributed by atoms with Gasteiger partial charge in [-0.2, -0.15) is 0 Å². The van der Waals surface area contributed by atoms with E-state index in [2.05, 4.69) is 5.16 Å². The van der Waals surface area contributed by atoms with Crippen molar-refractivity contribution in [2.45, 2.75) is 63.6 Å². The van der Waals surface area contributed by atoms with Crippen LogP contribution in [-0.2, 0) is 11.3 Å². The minimum atomic E-state index is -0.608. The van der Waals surface area contributed by atoms with E-state index in [4.69, 9.17) is 9.26 Å². The average Bonchev–Trinajstić information content (AvgIpc) is 3.41. The summed E-state index contributed by atoms with van der Waals surface area (Å²) in [6.45, 7) is 0.328. The van der Waals surface area contributed by atoms with Crippen LogP contribution in [0.5, 0.6) is 0 Å². The first-order chi connectivity index (χ1) is 13.7. The molecular formula is C23H25F2NO2. The molecule has 0 saturated heterocycles. The molecule has 1 aromatic carbocycles. The number of nitrogens with zero attached hydrogens (tertiary/aromatic N) is 1. The molecule has 0 N–H and O–H groups in total. The molecule has 1 aromatic heterocycles. The number of benzene rings is 1. The van der Waals surface area contributed by atoms with Crippen LogP contribution >= 0.6 is 0 Å². The molecule has 0 spiro atoms. The lowest BCUT2D eigenvalue weighted by atomic mass is 9.47. The minimum absolute atomic E-state index is 0.0995. The van der Waals surface area contributed by atoms with Crippen LogP contribution in [0.25, 0.3) is 11.3 Å². The number of ether oxygens (including phenoxy) is 1. The van der Waals surface area contributed by atoms with Crippen LogP contribution < -0.4 is 0 Å². The summed E-state index contributed by atoms with van der Waals surface area (Å²) in [6.07, 6.45) is 8.58. The van der Waals surface area contributed by atoms with Crippen molar-refractivity contribution < 1.29 is 18.0 Å². The highest BCUT2D eigenvalue weighted by molar-refractivity contribution is 5.65. The lowest BCUT2D eigenvalue weighted by Gasteiger charge is -2.58. The third kappa shape index (κ3) is 2.66. The Hall–Kier alpha value is -1.75. The molecule has 5 atom stereocenters. The predicted octanol–water partition coefficient (Wildman–Crippen LogP) is 5.84. The highest BCUT2D eigenvalue weighted by Gasteiger charge is 2.55. The normalized spacial score (nSPS) is 33.6. The van der Waals surface area contributed by atoms with Gasteiger partial charge in [0.25, 0.3) is 0 Å². The first kappa shape index (κ1) is 17.1. The number of halogens is 2. The van der Waals surface area contributed by atoms with E-state index in [0.717, 1.165) is 60.7 Å². The summed E-state index contributed by atoms with van der Waals surface area (Å²) in [4.78, 5) is 0. The molecule has 4 saturated carbocycles. The Morgan fingerprint density at radius 2 is 1.71 bits per heavy atom. The molecule has 0 bridgehead atoms. The third-order valence-electron chi connectivity index (χ3n) is 7.70. The topological polar surface area (TPSA) is 35.3 Å². The Balaban J connectivity index is 1.26. The van der Waals surface area contributed by atoms with Crippen LogP contribution in [0, 0.1) is 35.3 Å². The Morgan fingerprint density at radius 3 is 2.46 bits per heavy atom. The zero-order chi connectivity index (χ0) is 18.8. The molecule has 1 heterocycles. The first-order valence-corrected chi connectivity index (χ1v) is 10.7. The van der Waals surface area contributed by atoms with E-state index < -0.39 is 11.6 Å². The van der Waals surface area contributed by atoms with Gasteiger partial charge in [-0.1, -0.05) is 11.2 Å². The highest BCUT2D eigenvalue weighted by atomic mass is 19.1. The molecule has 2 unspecified atom stereocenters. The SMILES string of the molecule is Fc1cccc(F)c1-c1noc(C2CC2)c1CO[C@H]1CC[C@@H]2CC3C[C@@H](C1)C32. The second-order valence-corrected chi connectivity index (χ2v) is 9.32. The van der Waals surface area contributed by atoms with Gasteiger partial charge in [-0.25, -0.2) is 8.78 Å². The molecule has 6 rings (SSSR count). The number of hydrogen-bond acceptors (Lipinski definition) is 3. The van der Waals surface area contributed by atoms with Gasteiger partial charge < -0.3 is 9.26 Å². The van der Waals surface area contributed by atoms with E-state index in [0.29, 0.717) is 12.5 Å². The predicted molar refractivity (Wildman–Crippen MR) is 99.5 cm³/mol. The number of rotatable bonds is 5. The van der Waals surface area contributed by atoms with Gasteiger partial charge in [0.05, 0.1) is 18.3 Å². The van der Waals surface area contributed by atoms with Crippen molar-refractivity contribution in [2.75, 3.05) is 0 Å². The molecular weight excluding hydrogens is 360 g/mol. The van der Waals surface area contributed by atoms with Gasteiger partial charge in [-0.05, 0) is 80.8 Å². The second-order valence-electron chi connectivity index (χ2n) is 9.32. The second kappa shape index (κ2) is 6.38. The zero-order valence-electron chi connectivity index (χ0n) is 15.9. The summed E-state index contributed by atoms with van der Waals surface area (Å²) in [6, 6.07) is 3.91. The van der Waals surface area contributed by atoms with Crippen molar-refractivity contribution in [2.24, 2.45) is 23.7 Å². The molecule has 4 fully saturated rings. The zero-order valence-corrected chi connectivity index (χ0v) is 15.9. The summed E-state index contributed by atoms with van der Waals surface area (Å²) in [5.74, 6) is 3.54. The van der Waals surface area contributed by atoms with E-state index >= 15 is 0 Å². The fraction of sp³-hybridized carbons (Fsp3) is 0.609. The van der Waals surface area contributed by atoms with Crippen LogP contribution in [-0.4, -0.2) is 11.3 Å². The molecule has 148 valence electrons. The van der Waals surface area contributed by atoms with Gasteiger partial charge in [0.15, 0.2) is 0 Å². The van der Waals surface area contributed by atoms with Gasteiger partial charge in [0.1, 0.15) is 23.1 Å². The Morgan fingerprint density at radius 1 is 0.964 bits per heavy atom. The fourth-order valence-corrected chi connectivity index (χ4v) is 6.09. The minimum Gasteiger partial charge on any atom is -0.373 e. The maximum Gasteiger partial charge on any atom is 0.145 e. The Kier molecular flexibility index (Phi) is 3.90. The lowest BCUT2D eigenvalue weighted by molar-refractivity contribution is -0.0929. The quantitative estimate of drug-likeness (QED) is 0.649. The van der Waals surface area contributed by atoms with Crippen molar-refractivity contribution in [3.8, 4) is 11.3 Å². The molecule has 4 aliphatic carbocycles. The molecule has 0 radical (unpaired) electrons. The maximum absolute atomic E-state index is 14.4. The van der Waals surface area contributed by atoms with Gasteiger partial charge in [0.2, 0.25) is 0 Å². The van der Waals surface area contributed by atoms with Crippen molar-refractivity contribution in [3.63, 3.8) is 0 Å². The molecule has 4 aliphatic rings. The van der Waals surface area contributed by atoms with Crippen molar-refractivity contribution in [1.82, 2.24) is 5.16 Å². The van der Waals surface area contributed by atoms with E-state index in [9.17, 15) is 8.78 Å². The number of hydrogen-bond donors (Lipinski definition) is 0. The summed E-state index contributed by atoms with van der Waals surface area (Å²) >= 11 is 0. The Bertz CT molecular complexity index is 886. The highest BCUT2D eigenvalue weighted by Crippen LogP contribution is 2.62. The largest absolute Gasteiger partial charge is 0.373 e. The van der Waals surface area contributed by atoms with Gasteiger partial charge >= 0.3 is 0 Å². The Labute approximate surface area is 163 Å². The van der Waals surface area contributed by atoms with Crippen LogP contribution in [0.4, 0.5) is 8.78 Å². The molecule has 28 heavy (non-hydrogen) atoms. The third-order valence-corrected chi connectivity index (χ3v) is 7.70.